The first-order valence-electron chi connectivity index (χ1n) is 19.4. The van der Waals surface area contributed by atoms with Gasteiger partial charge >= 0.3 is 0 Å². The normalized spacial score (nSPS) is 11.5. The molecule has 0 radical (unpaired) electrons. The average molecular weight is 729 g/mol. The van der Waals surface area contributed by atoms with E-state index in [1.165, 1.54) is 44.1 Å². The van der Waals surface area contributed by atoms with Crippen LogP contribution in [-0.2, 0) is 0 Å². The monoisotopic (exact) mass is 728 g/mol. The van der Waals surface area contributed by atoms with Gasteiger partial charge in [0.1, 0.15) is 11.2 Å². The molecule has 3 heteroatoms. The molecular weight excluding hydrogens is 693 g/mol. The number of para-hydroxylation sites is 4. The first-order chi connectivity index (χ1) is 28.3. The summed E-state index contributed by atoms with van der Waals surface area (Å²) in [7, 11) is 0. The summed E-state index contributed by atoms with van der Waals surface area (Å²) >= 11 is 0. The molecule has 0 spiro atoms. The van der Waals surface area contributed by atoms with Crippen LogP contribution in [0.1, 0.15) is 0 Å². The molecule has 2 aromatic heterocycles. The van der Waals surface area contributed by atoms with Crippen molar-refractivity contribution in [1.82, 2.24) is 4.57 Å². The van der Waals surface area contributed by atoms with Crippen molar-refractivity contribution in [2.45, 2.75) is 0 Å². The van der Waals surface area contributed by atoms with E-state index in [0.717, 1.165) is 55.8 Å². The van der Waals surface area contributed by atoms with Crippen LogP contribution in [-0.4, -0.2) is 4.57 Å². The van der Waals surface area contributed by atoms with E-state index >= 15 is 0 Å². The van der Waals surface area contributed by atoms with Gasteiger partial charge in [-0.2, -0.15) is 0 Å². The molecule has 0 unspecified atom stereocenters. The van der Waals surface area contributed by atoms with E-state index in [2.05, 4.69) is 222 Å². The Morgan fingerprint density at radius 1 is 0.351 bits per heavy atom. The van der Waals surface area contributed by atoms with E-state index in [1.807, 2.05) is 6.07 Å². The Balaban J connectivity index is 1.02. The second-order valence-corrected chi connectivity index (χ2v) is 14.5. The minimum absolute atomic E-state index is 0.866. The third kappa shape index (κ3) is 5.60. The van der Waals surface area contributed by atoms with Crippen LogP contribution in [0.5, 0.6) is 0 Å². The van der Waals surface area contributed by atoms with Gasteiger partial charge in [-0.15, -0.1) is 0 Å². The Bertz CT molecular complexity index is 3140. The van der Waals surface area contributed by atoms with Gasteiger partial charge in [0.2, 0.25) is 0 Å². The minimum atomic E-state index is 0.866. The molecular formula is C54H36N2O. The van der Waals surface area contributed by atoms with Gasteiger partial charge in [-0.25, -0.2) is 0 Å². The molecule has 0 aliphatic carbocycles. The third-order valence-electron chi connectivity index (χ3n) is 11.2. The van der Waals surface area contributed by atoms with Crippen LogP contribution >= 0.6 is 0 Å². The molecule has 0 aliphatic heterocycles. The predicted octanol–water partition coefficient (Wildman–Crippen LogP) is 15.2. The predicted molar refractivity (Wildman–Crippen MR) is 239 cm³/mol. The molecule has 0 amide bonds. The Morgan fingerprint density at radius 3 is 1.46 bits per heavy atom. The van der Waals surface area contributed by atoms with Gasteiger partial charge in [0.25, 0.3) is 0 Å². The van der Waals surface area contributed by atoms with Crippen molar-refractivity contribution in [2.24, 2.45) is 0 Å². The molecule has 0 saturated heterocycles. The maximum Gasteiger partial charge on any atom is 0.145 e. The van der Waals surface area contributed by atoms with Gasteiger partial charge in [0, 0.05) is 38.8 Å². The lowest BCUT2D eigenvalue weighted by Crippen LogP contribution is -2.10. The van der Waals surface area contributed by atoms with Gasteiger partial charge in [0.05, 0.1) is 22.1 Å². The SMILES string of the molecule is c1ccc(-c2ccc(-c3ccc(N(c4ccccc4)c4ccc(-c5ccc(-n6c7ccccc7c7ccccc76)cc5)c5oc6ccccc6c45)cc3)cc2)cc1. The summed E-state index contributed by atoms with van der Waals surface area (Å²) in [4.78, 5) is 2.35. The zero-order valence-electron chi connectivity index (χ0n) is 31.1. The summed E-state index contributed by atoms with van der Waals surface area (Å²) in [6.45, 7) is 0. The number of nitrogens with zero attached hydrogens (tertiary/aromatic N) is 2. The van der Waals surface area contributed by atoms with E-state index in [1.54, 1.807) is 0 Å². The molecule has 11 rings (SSSR count). The fraction of sp³-hybridized carbons (Fsp3) is 0. The number of hydrogen-bond acceptors (Lipinski definition) is 2. The highest BCUT2D eigenvalue weighted by molar-refractivity contribution is 6.17. The molecule has 0 saturated carbocycles. The van der Waals surface area contributed by atoms with Gasteiger partial charge in [-0.3, -0.25) is 0 Å². The Kier molecular flexibility index (Phi) is 7.82. The van der Waals surface area contributed by atoms with Crippen LogP contribution in [0.4, 0.5) is 17.1 Å². The lowest BCUT2D eigenvalue weighted by molar-refractivity contribution is 0.670. The van der Waals surface area contributed by atoms with Gasteiger partial charge in [0.15, 0.2) is 0 Å². The van der Waals surface area contributed by atoms with Crippen molar-refractivity contribution in [3.8, 4) is 39.1 Å². The molecule has 0 aliphatic rings. The van der Waals surface area contributed by atoms with Crippen molar-refractivity contribution in [3.63, 3.8) is 0 Å². The van der Waals surface area contributed by atoms with Crippen molar-refractivity contribution in [3.05, 3.63) is 218 Å². The highest BCUT2D eigenvalue weighted by Crippen LogP contribution is 2.46. The quantitative estimate of drug-likeness (QED) is 0.163. The molecule has 2 heterocycles. The summed E-state index contributed by atoms with van der Waals surface area (Å²) in [5.74, 6) is 0. The molecule has 0 N–H and O–H groups in total. The molecule has 3 nitrogen and oxygen atoms in total. The summed E-state index contributed by atoms with van der Waals surface area (Å²) in [6, 6.07) is 77.9. The number of benzene rings is 9. The minimum Gasteiger partial charge on any atom is -0.455 e. The first kappa shape index (κ1) is 32.8. The van der Waals surface area contributed by atoms with Crippen molar-refractivity contribution < 1.29 is 4.42 Å². The van der Waals surface area contributed by atoms with Crippen LogP contribution < -0.4 is 4.90 Å². The lowest BCUT2D eigenvalue weighted by atomic mass is 9.98. The fourth-order valence-corrected chi connectivity index (χ4v) is 8.51. The summed E-state index contributed by atoms with van der Waals surface area (Å²) in [5, 5.41) is 4.68. The molecule has 0 bridgehead atoms. The zero-order chi connectivity index (χ0) is 37.7. The Labute approximate surface area is 330 Å². The molecule has 57 heavy (non-hydrogen) atoms. The number of anilines is 3. The average Bonchev–Trinajstić information content (AvgIpc) is 3.85. The van der Waals surface area contributed by atoms with E-state index in [-0.39, 0.29) is 0 Å². The topological polar surface area (TPSA) is 21.3 Å². The summed E-state index contributed by atoms with van der Waals surface area (Å²) in [6.07, 6.45) is 0. The highest BCUT2D eigenvalue weighted by atomic mass is 16.3. The smallest absolute Gasteiger partial charge is 0.145 e. The second-order valence-electron chi connectivity index (χ2n) is 14.5. The molecule has 268 valence electrons. The standard InChI is InChI=1S/C54H36N2O/c1-3-13-37(14-4-1)38-23-25-39(26-24-38)40-27-31-43(32-28-40)55(42-15-5-2-6-16-42)51-36-35-45(54-53(51)48-19-9-12-22-52(48)57-54)41-29-33-44(34-30-41)56-49-20-10-7-17-46(49)47-18-8-11-21-50(47)56/h1-36H. The number of hydrogen-bond donors (Lipinski definition) is 0. The van der Waals surface area contributed by atoms with Crippen LogP contribution in [0.2, 0.25) is 0 Å². The van der Waals surface area contributed by atoms with Crippen LogP contribution in [0, 0.1) is 0 Å². The Hall–Kier alpha value is -7.62. The van der Waals surface area contributed by atoms with Gasteiger partial charge < -0.3 is 13.9 Å². The number of rotatable bonds is 7. The zero-order valence-corrected chi connectivity index (χ0v) is 31.1. The van der Waals surface area contributed by atoms with Crippen LogP contribution in [0.25, 0.3) is 82.8 Å². The van der Waals surface area contributed by atoms with Crippen molar-refractivity contribution >= 4 is 60.8 Å². The van der Waals surface area contributed by atoms with E-state index in [0.29, 0.717) is 0 Å². The number of aromatic nitrogens is 1. The molecule has 0 fully saturated rings. The lowest BCUT2D eigenvalue weighted by Gasteiger charge is -2.27. The van der Waals surface area contributed by atoms with E-state index in [4.69, 9.17) is 4.42 Å². The molecule has 0 atom stereocenters. The highest BCUT2D eigenvalue weighted by Gasteiger charge is 2.22. The second kappa shape index (κ2) is 13.6. The summed E-state index contributed by atoms with van der Waals surface area (Å²) in [5.41, 5.74) is 15.4. The first-order valence-corrected chi connectivity index (χ1v) is 19.4. The van der Waals surface area contributed by atoms with E-state index in [9.17, 15) is 0 Å². The fourth-order valence-electron chi connectivity index (χ4n) is 8.51. The molecule has 9 aromatic carbocycles. The Morgan fingerprint density at radius 2 is 0.825 bits per heavy atom. The van der Waals surface area contributed by atoms with Gasteiger partial charge in [-0.1, -0.05) is 152 Å². The molecule has 11 aromatic rings. The summed E-state index contributed by atoms with van der Waals surface area (Å²) < 4.78 is 9.16. The van der Waals surface area contributed by atoms with Gasteiger partial charge in [-0.05, 0) is 94.5 Å². The van der Waals surface area contributed by atoms with Crippen molar-refractivity contribution in [2.75, 3.05) is 4.90 Å². The largest absolute Gasteiger partial charge is 0.455 e. The van der Waals surface area contributed by atoms with E-state index < -0.39 is 0 Å². The maximum atomic E-state index is 6.81. The maximum absolute atomic E-state index is 6.81. The number of furan rings is 1. The van der Waals surface area contributed by atoms with Crippen molar-refractivity contribution in [1.29, 1.82) is 0 Å². The van der Waals surface area contributed by atoms with Crippen LogP contribution in [0.3, 0.4) is 0 Å². The number of fused-ring (bicyclic) bond motifs is 6. The van der Waals surface area contributed by atoms with Crippen LogP contribution in [0.15, 0.2) is 223 Å². The third-order valence-corrected chi connectivity index (χ3v) is 11.2.